The minimum Gasteiger partial charge on any atom is -0.490 e. The molecule has 0 amide bonds. The van der Waals surface area contributed by atoms with E-state index in [2.05, 4.69) is 0 Å². The lowest BCUT2D eigenvalue weighted by molar-refractivity contribution is -0.385. The third-order valence-electron chi connectivity index (χ3n) is 2.17. The Morgan fingerprint density at radius 3 is 2.56 bits per heavy atom. The van der Waals surface area contributed by atoms with Gasteiger partial charge in [-0.25, -0.2) is 0 Å². The topological polar surface area (TPSA) is 72.6 Å². The maximum absolute atomic E-state index is 10.7. The van der Waals surface area contributed by atoms with Gasteiger partial charge in [0.05, 0.1) is 17.1 Å². The minimum absolute atomic E-state index is 0.0335. The standard InChI is InChI=1S/C11H15NO4/c1-7-4-8(2)11(16-6-9(3)13)5-10(7)12(14)15/h4-5,9,13H,6H2,1-3H3. The molecule has 5 heteroatoms. The molecule has 0 aliphatic carbocycles. The van der Waals surface area contributed by atoms with E-state index in [9.17, 15) is 10.1 Å². The summed E-state index contributed by atoms with van der Waals surface area (Å²) < 4.78 is 5.29. The zero-order valence-corrected chi connectivity index (χ0v) is 9.56. The molecule has 88 valence electrons. The third-order valence-corrected chi connectivity index (χ3v) is 2.17. The highest BCUT2D eigenvalue weighted by molar-refractivity contribution is 5.49. The van der Waals surface area contributed by atoms with Gasteiger partial charge >= 0.3 is 0 Å². The van der Waals surface area contributed by atoms with Crippen LogP contribution in [0.5, 0.6) is 5.75 Å². The Labute approximate surface area is 93.8 Å². The molecule has 1 N–H and O–H groups in total. The summed E-state index contributed by atoms with van der Waals surface area (Å²) in [6, 6.07) is 3.10. The number of hydrogen-bond donors (Lipinski definition) is 1. The van der Waals surface area contributed by atoms with E-state index in [0.29, 0.717) is 11.3 Å². The van der Waals surface area contributed by atoms with Gasteiger partial charge in [-0.1, -0.05) is 0 Å². The maximum atomic E-state index is 10.7. The van der Waals surface area contributed by atoms with Gasteiger partial charge in [0.25, 0.3) is 5.69 Å². The summed E-state index contributed by atoms with van der Waals surface area (Å²) in [7, 11) is 0. The van der Waals surface area contributed by atoms with E-state index >= 15 is 0 Å². The van der Waals surface area contributed by atoms with Crippen molar-refractivity contribution >= 4 is 5.69 Å². The highest BCUT2D eigenvalue weighted by Gasteiger charge is 2.14. The van der Waals surface area contributed by atoms with Crippen LogP contribution >= 0.6 is 0 Å². The summed E-state index contributed by atoms with van der Waals surface area (Å²) in [5.74, 6) is 0.443. The highest BCUT2D eigenvalue weighted by Crippen LogP contribution is 2.28. The molecule has 1 aromatic carbocycles. The molecule has 0 saturated carbocycles. The molecule has 0 aromatic heterocycles. The largest absolute Gasteiger partial charge is 0.490 e. The Hall–Kier alpha value is -1.62. The van der Waals surface area contributed by atoms with Crippen molar-refractivity contribution in [3.8, 4) is 5.75 Å². The number of hydrogen-bond acceptors (Lipinski definition) is 4. The molecule has 0 aliphatic rings. The average Bonchev–Trinajstić information content (AvgIpc) is 2.15. The number of benzene rings is 1. The van der Waals surface area contributed by atoms with Crippen molar-refractivity contribution in [2.75, 3.05) is 6.61 Å². The van der Waals surface area contributed by atoms with Crippen molar-refractivity contribution in [1.29, 1.82) is 0 Å². The smallest absolute Gasteiger partial charge is 0.276 e. The van der Waals surface area contributed by atoms with E-state index in [1.807, 2.05) is 6.92 Å². The number of nitro benzene ring substituents is 1. The number of rotatable bonds is 4. The van der Waals surface area contributed by atoms with Crippen molar-refractivity contribution in [1.82, 2.24) is 0 Å². The lowest BCUT2D eigenvalue weighted by atomic mass is 10.1. The first-order valence-electron chi connectivity index (χ1n) is 4.98. The predicted molar refractivity (Wildman–Crippen MR) is 59.7 cm³/mol. The molecule has 1 aromatic rings. The maximum Gasteiger partial charge on any atom is 0.276 e. The fourth-order valence-electron chi connectivity index (χ4n) is 1.38. The normalized spacial score (nSPS) is 12.2. The SMILES string of the molecule is Cc1cc(C)c([N+](=O)[O-])cc1OCC(C)O. The zero-order valence-electron chi connectivity index (χ0n) is 9.56. The predicted octanol–water partition coefficient (Wildman–Crippen LogP) is 1.97. The zero-order chi connectivity index (χ0) is 12.3. The monoisotopic (exact) mass is 225 g/mol. The average molecular weight is 225 g/mol. The Morgan fingerprint density at radius 2 is 2.06 bits per heavy atom. The summed E-state index contributed by atoms with van der Waals surface area (Å²) in [6.45, 7) is 5.22. The molecule has 16 heavy (non-hydrogen) atoms. The van der Waals surface area contributed by atoms with E-state index in [1.165, 1.54) is 6.07 Å². The fourth-order valence-corrected chi connectivity index (χ4v) is 1.38. The highest BCUT2D eigenvalue weighted by atomic mass is 16.6. The number of nitrogens with zero attached hydrogens (tertiary/aromatic N) is 1. The van der Waals surface area contributed by atoms with Crippen LogP contribution in [-0.2, 0) is 0 Å². The molecule has 1 atom stereocenters. The van der Waals surface area contributed by atoms with Crippen molar-refractivity contribution in [2.45, 2.75) is 26.9 Å². The van der Waals surface area contributed by atoms with E-state index in [1.54, 1.807) is 19.9 Å². The van der Waals surface area contributed by atoms with Gasteiger partial charge in [0, 0.05) is 5.56 Å². The van der Waals surface area contributed by atoms with E-state index in [0.717, 1.165) is 5.56 Å². The molecule has 1 rings (SSSR count). The van der Waals surface area contributed by atoms with E-state index < -0.39 is 11.0 Å². The van der Waals surface area contributed by atoms with Crippen LogP contribution in [0.1, 0.15) is 18.1 Å². The summed E-state index contributed by atoms with van der Waals surface area (Å²) in [5, 5.41) is 19.8. The molecule has 0 heterocycles. The molecule has 0 saturated heterocycles. The summed E-state index contributed by atoms with van der Waals surface area (Å²) >= 11 is 0. The van der Waals surface area contributed by atoms with E-state index in [-0.39, 0.29) is 12.3 Å². The Kier molecular flexibility index (Phi) is 3.84. The second-order valence-corrected chi connectivity index (χ2v) is 3.82. The van der Waals surface area contributed by atoms with Gasteiger partial charge in [-0.15, -0.1) is 0 Å². The minimum atomic E-state index is -0.597. The van der Waals surface area contributed by atoms with Gasteiger partial charge in [-0.3, -0.25) is 10.1 Å². The first-order chi connectivity index (χ1) is 7.41. The third kappa shape index (κ3) is 2.93. The van der Waals surface area contributed by atoms with Gasteiger partial charge in [0.1, 0.15) is 12.4 Å². The summed E-state index contributed by atoms with van der Waals surface area (Å²) in [4.78, 5) is 10.3. The molecule has 0 bridgehead atoms. The first-order valence-corrected chi connectivity index (χ1v) is 4.98. The Bertz CT molecular complexity index is 401. The molecular formula is C11H15NO4. The van der Waals surface area contributed by atoms with Gasteiger partial charge in [-0.2, -0.15) is 0 Å². The molecule has 0 fully saturated rings. The molecule has 0 spiro atoms. The summed E-state index contributed by atoms with van der Waals surface area (Å²) in [6.07, 6.45) is -0.597. The van der Waals surface area contributed by atoms with Crippen molar-refractivity contribution in [3.63, 3.8) is 0 Å². The van der Waals surface area contributed by atoms with Crippen molar-refractivity contribution < 1.29 is 14.8 Å². The Balaban J connectivity index is 3.00. The van der Waals surface area contributed by atoms with Crippen LogP contribution in [0.25, 0.3) is 0 Å². The van der Waals surface area contributed by atoms with Crippen LogP contribution in [0.4, 0.5) is 5.69 Å². The van der Waals surface area contributed by atoms with Crippen molar-refractivity contribution in [2.24, 2.45) is 0 Å². The second-order valence-electron chi connectivity index (χ2n) is 3.82. The quantitative estimate of drug-likeness (QED) is 0.628. The van der Waals surface area contributed by atoms with Crippen LogP contribution < -0.4 is 4.74 Å². The molecule has 1 unspecified atom stereocenters. The first kappa shape index (κ1) is 12.4. The van der Waals surface area contributed by atoms with Gasteiger partial charge in [0.2, 0.25) is 0 Å². The number of aryl methyl sites for hydroxylation is 2. The number of nitro groups is 1. The van der Waals surface area contributed by atoms with Crippen LogP contribution in [0.2, 0.25) is 0 Å². The second kappa shape index (κ2) is 4.94. The Morgan fingerprint density at radius 1 is 1.44 bits per heavy atom. The summed E-state index contributed by atoms with van der Waals surface area (Å²) in [5.41, 5.74) is 1.46. The van der Waals surface area contributed by atoms with Gasteiger partial charge < -0.3 is 9.84 Å². The lowest BCUT2D eigenvalue weighted by Crippen LogP contribution is -2.13. The number of aliphatic hydroxyl groups is 1. The van der Waals surface area contributed by atoms with Gasteiger partial charge in [0.15, 0.2) is 0 Å². The number of aliphatic hydroxyl groups excluding tert-OH is 1. The molecular weight excluding hydrogens is 210 g/mol. The molecule has 0 radical (unpaired) electrons. The van der Waals surface area contributed by atoms with Crippen LogP contribution in [0.15, 0.2) is 12.1 Å². The van der Waals surface area contributed by atoms with Gasteiger partial charge in [-0.05, 0) is 32.4 Å². The van der Waals surface area contributed by atoms with Crippen LogP contribution in [-0.4, -0.2) is 22.7 Å². The lowest BCUT2D eigenvalue weighted by Gasteiger charge is -2.11. The number of ether oxygens (including phenoxy) is 1. The molecule has 0 aliphatic heterocycles. The molecule has 5 nitrogen and oxygen atoms in total. The van der Waals surface area contributed by atoms with Crippen molar-refractivity contribution in [3.05, 3.63) is 33.4 Å². The van der Waals surface area contributed by atoms with Crippen LogP contribution in [0, 0.1) is 24.0 Å². The fraction of sp³-hybridized carbons (Fsp3) is 0.455. The van der Waals surface area contributed by atoms with E-state index in [4.69, 9.17) is 9.84 Å². The van der Waals surface area contributed by atoms with Crippen LogP contribution in [0.3, 0.4) is 0 Å².